The van der Waals surface area contributed by atoms with Crippen molar-refractivity contribution in [3.05, 3.63) is 58.9 Å². The van der Waals surface area contributed by atoms with Gasteiger partial charge in [0.05, 0.1) is 11.4 Å². The number of hydrogen-bond acceptors (Lipinski definition) is 2. The van der Waals surface area contributed by atoms with Crippen LogP contribution < -0.4 is 5.32 Å². The number of nitrogens with one attached hydrogen (secondary N) is 1. The summed E-state index contributed by atoms with van der Waals surface area (Å²) in [6.45, 7) is 2.93. The highest BCUT2D eigenvalue weighted by Gasteiger charge is 2.17. The lowest BCUT2D eigenvalue weighted by Gasteiger charge is -2.13. The van der Waals surface area contributed by atoms with Crippen LogP contribution in [0.2, 0.25) is 0 Å². The van der Waals surface area contributed by atoms with E-state index in [4.69, 9.17) is 0 Å². The summed E-state index contributed by atoms with van der Waals surface area (Å²) in [4.78, 5) is 11.4. The van der Waals surface area contributed by atoms with Gasteiger partial charge >= 0.3 is 0 Å². The average Bonchev–Trinajstić information content (AvgIpc) is 2.37. The van der Waals surface area contributed by atoms with Crippen LogP contribution in [0.5, 0.6) is 0 Å². The maximum absolute atomic E-state index is 13.8. The molecule has 0 amide bonds. The van der Waals surface area contributed by atoms with Crippen molar-refractivity contribution in [2.75, 3.05) is 5.32 Å². The fourth-order valence-electron chi connectivity index (χ4n) is 1.82. The lowest BCUT2D eigenvalue weighted by atomic mass is 10.1. The number of carbonyl (C=O) groups is 1. The fraction of sp³-hybridized carbons (Fsp3) is 0.133. The summed E-state index contributed by atoms with van der Waals surface area (Å²) in [5.74, 6) is -3.37. The first kappa shape index (κ1) is 14.1. The number of hydrogen-bond donors (Lipinski definition) is 1. The van der Waals surface area contributed by atoms with Gasteiger partial charge in [0.15, 0.2) is 17.4 Å². The van der Waals surface area contributed by atoms with E-state index in [0.717, 1.165) is 12.1 Å². The second-order valence-corrected chi connectivity index (χ2v) is 4.45. The molecule has 2 nitrogen and oxygen atoms in total. The molecule has 2 aromatic rings. The largest absolute Gasteiger partial charge is 0.350 e. The Morgan fingerprint density at radius 2 is 1.75 bits per heavy atom. The third-order valence-corrected chi connectivity index (χ3v) is 2.86. The first-order valence-electron chi connectivity index (χ1n) is 5.92. The minimum atomic E-state index is -1.21. The van der Waals surface area contributed by atoms with E-state index in [9.17, 15) is 18.0 Å². The normalized spacial score (nSPS) is 10.4. The molecular formula is C15H12F3NO. The van der Waals surface area contributed by atoms with E-state index >= 15 is 0 Å². The summed E-state index contributed by atoms with van der Waals surface area (Å²) in [5, 5.41) is 2.45. The summed E-state index contributed by atoms with van der Waals surface area (Å²) >= 11 is 0. The third-order valence-electron chi connectivity index (χ3n) is 2.86. The zero-order valence-corrected chi connectivity index (χ0v) is 10.9. The minimum Gasteiger partial charge on any atom is -0.350 e. The standard InChI is InChI=1S/C15H12F3NO/c1-8-3-6-13(12(17)7-8)19-15-10(9(2)20)4-5-11(16)14(15)18/h3-7,19H,1-2H3. The minimum absolute atomic E-state index is 0.0254. The molecular weight excluding hydrogens is 267 g/mol. The topological polar surface area (TPSA) is 29.1 Å². The number of aryl methyl sites for hydroxylation is 1. The van der Waals surface area contributed by atoms with Crippen LogP contribution in [0.1, 0.15) is 22.8 Å². The maximum atomic E-state index is 13.8. The summed E-state index contributed by atoms with van der Waals surface area (Å²) in [5.41, 5.74) is 0.270. The van der Waals surface area contributed by atoms with E-state index in [1.54, 1.807) is 13.0 Å². The van der Waals surface area contributed by atoms with Crippen molar-refractivity contribution in [1.29, 1.82) is 0 Å². The van der Waals surface area contributed by atoms with Crippen molar-refractivity contribution in [3.63, 3.8) is 0 Å². The number of carbonyl (C=O) groups excluding carboxylic acids is 1. The summed E-state index contributed by atoms with van der Waals surface area (Å²) in [7, 11) is 0. The number of Topliss-reactive ketones (excluding diaryl/α,β-unsaturated/α-hetero) is 1. The Morgan fingerprint density at radius 1 is 1.05 bits per heavy atom. The molecule has 0 saturated heterocycles. The van der Waals surface area contributed by atoms with Crippen LogP contribution in [0.25, 0.3) is 0 Å². The van der Waals surface area contributed by atoms with Crippen LogP contribution in [-0.2, 0) is 0 Å². The molecule has 0 fully saturated rings. The zero-order chi connectivity index (χ0) is 14.9. The smallest absolute Gasteiger partial charge is 0.182 e. The summed E-state index contributed by atoms with van der Waals surface area (Å²) < 4.78 is 40.8. The van der Waals surface area contributed by atoms with E-state index in [2.05, 4.69) is 5.32 Å². The molecule has 20 heavy (non-hydrogen) atoms. The fourth-order valence-corrected chi connectivity index (χ4v) is 1.82. The predicted octanol–water partition coefficient (Wildman–Crippen LogP) is 4.36. The lowest BCUT2D eigenvalue weighted by molar-refractivity contribution is 0.101. The van der Waals surface area contributed by atoms with E-state index in [0.29, 0.717) is 5.56 Å². The molecule has 0 aromatic heterocycles. The second-order valence-electron chi connectivity index (χ2n) is 4.45. The van der Waals surface area contributed by atoms with Gasteiger partial charge in [0.2, 0.25) is 0 Å². The third kappa shape index (κ3) is 2.66. The van der Waals surface area contributed by atoms with Gasteiger partial charge in [0.1, 0.15) is 5.82 Å². The van der Waals surface area contributed by atoms with Gasteiger partial charge in [-0.2, -0.15) is 0 Å². The molecule has 0 bridgehead atoms. The van der Waals surface area contributed by atoms with E-state index in [1.165, 1.54) is 19.1 Å². The van der Waals surface area contributed by atoms with Gasteiger partial charge in [-0.25, -0.2) is 13.2 Å². The first-order valence-corrected chi connectivity index (χ1v) is 5.92. The van der Waals surface area contributed by atoms with Crippen molar-refractivity contribution in [1.82, 2.24) is 0 Å². The predicted molar refractivity (Wildman–Crippen MR) is 70.8 cm³/mol. The summed E-state index contributed by atoms with van der Waals surface area (Å²) in [6.07, 6.45) is 0. The molecule has 0 aliphatic carbocycles. The van der Waals surface area contributed by atoms with Crippen LogP contribution in [-0.4, -0.2) is 5.78 Å². The number of rotatable bonds is 3. The molecule has 0 atom stereocenters. The zero-order valence-electron chi connectivity index (χ0n) is 10.9. The van der Waals surface area contributed by atoms with Crippen molar-refractivity contribution in [2.45, 2.75) is 13.8 Å². The van der Waals surface area contributed by atoms with Gasteiger partial charge in [-0.15, -0.1) is 0 Å². The van der Waals surface area contributed by atoms with E-state index in [-0.39, 0.29) is 16.9 Å². The molecule has 0 aliphatic heterocycles. The number of benzene rings is 2. The number of ketones is 1. The monoisotopic (exact) mass is 279 g/mol. The first-order chi connectivity index (χ1) is 9.40. The van der Waals surface area contributed by atoms with E-state index < -0.39 is 23.2 Å². The SMILES string of the molecule is CC(=O)c1ccc(F)c(F)c1Nc1ccc(C)cc1F. The number of halogens is 3. The Morgan fingerprint density at radius 3 is 2.35 bits per heavy atom. The maximum Gasteiger partial charge on any atom is 0.182 e. The molecule has 0 saturated carbocycles. The highest BCUT2D eigenvalue weighted by atomic mass is 19.2. The van der Waals surface area contributed by atoms with Crippen molar-refractivity contribution >= 4 is 17.2 Å². The Balaban J connectivity index is 2.52. The van der Waals surface area contributed by atoms with Gasteiger partial charge in [0, 0.05) is 5.56 Å². The molecule has 2 rings (SSSR count). The Bertz CT molecular complexity index is 683. The highest BCUT2D eigenvalue weighted by molar-refractivity contribution is 6.00. The van der Waals surface area contributed by atoms with Crippen LogP contribution in [0.4, 0.5) is 24.5 Å². The van der Waals surface area contributed by atoms with Crippen molar-refractivity contribution in [2.24, 2.45) is 0 Å². The molecule has 0 spiro atoms. The van der Waals surface area contributed by atoms with E-state index in [1.807, 2.05) is 0 Å². The molecule has 0 unspecified atom stereocenters. The molecule has 2 aromatic carbocycles. The van der Waals surface area contributed by atoms with Crippen LogP contribution in [0.15, 0.2) is 30.3 Å². The average molecular weight is 279 g/mol. The van der Waals surface area contributed by atoms with Crippen molar-refractivity contribution < 1.29 is 18.0 Å². The molecule has 1 N–H and O–H groups in total. The highest BCUT2D eigenvalue weighted by Crippen LogP contribution is 2.28. The summed E-state index contributed by atoms with van der Waals surface area (Å²) in [6, 6.07) is 6.31. The molecule has 0 radical (unpaired) electrons. The number of anilines is 2. The van der Waals surface area contributed by atoms with Gasteiger partial charge < -0.3 is 5.32 Å². The van der Waals surface area contributed by atoms with Crippen molar-refractivity contribution in [3.8, 4) is 0 Å². The van der Waals surface area contributed by atoms with Gasteiger partial charge in [0.25, 0.3) is 0 Å². The Hall–Kier alpha value is -2.30. The van der Waals surface area contributed by atoms with Gasteiger partial charge in [-0.1, -0.05) is 6.07 Å². The Labute approximate surface area is 114 Å². The van der Waals surface area contributed by atoms with Gasteiger partial charge in [-0.05, 0) is 43.7 Å². The Kier molecular flexibility index (Phi) is 3.79. The molecule has 0 heterocycles. The molecule has 104 valence electrons. The lowest BCUT2D eigenvalue weighted by Crippen LogP contribution is -2.06. The van der Waals surface area contributed by atoms with Crippen LogP contribution >= 0.6 is 0 Å². The van der Waals surface area contributed by atoms with Crippen LogP contribution in [0, 0.1) is 24.4 Å². The van der Waals surface area contributed by atoms with Crippen LogP contribution in [0.3, 0.4) is 0 Å². The van der Waals surface area contributed by atoms with Gasteiger partial charge in [-0.3, -0.25) is 4.79 Å². The second kappa shape index (κ2) is 5.36. The molecule has 0 aliphatic rings. The quantitative estimate of drug-likeness (QED) is 0.846. The molecule has 5 heteroatoms.